The Balaban J connectivity index is 1.38. The van der Waals surface area contributed by atoms with E-state index >= 15 is 0 Å². The summed E-state index contributed by atoms with van der Waals surface area (Å²) in [5.41, 5.74) is 2.78. The second-order valence-electron chi connectivity index (χ2n) is 7.06. The number of pyridine rings is 1. The molecule has 0 saturated carbocycles. The van der Waals surface area contributed by atoms with Crippen LogP contribution in [-0.2, 0) is 0 Å². The molecule has 1 aliphatic heterocycles. The molecule has 3 heterocycles. The maximum Gasteiger partial charge on any atom is 0.322 e. The van der Waals surface area contributed by atoms with E-state index in [2.05, 4.69) is 20.2 Å². The number of carbonyl (C=O) groups excluding carboxylic acids is 1. The first-order valence-electron chi connectivity index (χ1n) is 9.47. The number of piperazine rings is 1. The molecule has 1 N–H and O–H groups in total. The summed E-state index contributed by atoms with van der Waals surface area (Å²) >= 11 is 7.90. The Labute approximate surface area is 179 Å². The smallest absolute Gasteiger partial charge is 0.322 e. The molecule has 8 heteroatoms. The molecule has 1 aliphatic rings. The van der Waals surface area contributed by atoms with Crippen molar-refractivity contribution in [3.63, 3.8) is 0 Å². The quantitative estimate of drug-likeness (QED) is 0.645. The Hall–Kier alpha value is -2.64. The molecule has 3 aromatic rings. The molecule has 1 saturated heterocycles. The first kappa shape index (κ1) is 19.7. The number of urea groups is 1. The van der Waals surface area contributed by atoms with Crippen LogP contribution in [0.1, 0.15) is 11.9 Å². The summed E-state index contributed by atoms with van der Waals surface area (Å²) in [6.07, 6.45) is 1.74. The number of nitrogens with zero attached hydrogens (tertiary/aromatic N) is 4. The maximum atomic E-state index is 12.8. The van der Waals surface area contributed by atoms with Gasteiger partial charge in [0, 0.05) is 48.5 Å². The van der Waals surface area contributed by atoms with Gasteiger partial charge in [-0.25, -0.2) is 14.8 Å². The SMILES string of the molecule is Cc1nc(-c2ccc(NC(=O)N3CCN(c4ncccc4Cl)CC3C)cc2)cs1. The van der Waals surface area contributed by atoms with Crippen LogP contribution in [0.15, 0.2) is 48.0 Å². The molecule has 0 spiro atoms. The van der Waals surface area contributed by atoms with E-state index in [0.29, 0.717) is 24.7 Å². The molecule has 1 fully saturated rings. The van der Waals surface area contributed by atoms with Crippen LogP contribution in [0.2, 0.25) is 5.02 Å². The number of benzene rings is 1. The van der Waals surface area contributed by atoms with Crippen LogP contribution in [0.4, 0.5) is 16.3 Å². The summed E-state index contributed by atoms with van der Waals surface area (Å²) in [6, 6.07) is 11.4. The summed E-state index contributed by atoms with van der Waals surface area (Å²) in [4.78, 5) is 25.6. The van der Waals surface area contributed by atoms with Crippen molar-refractivity contribution in [3.05, 3.63) is 58.0 Å². The van der Waals surface area contributed by atoms with Crippen LogP contribution >= 0.6 is 22.9 Å². The number of thiazole rings is 1. The molecule has 1 atom stereocenters. The topological polar surface area (TPSA) is 61.4 Å². The lowest BCUT2D eigenvalue weighted by Crippen LogP contribution is -2.55. The summed E-state index contributed by atoms with van der Waals surface area (Å²) in [5.74, 6) is 0.772. The third-order valence-electron chi connectivity index (χ3n) is 4.98. The Kier molecular flexibility index (Phi) is 5.69. The lowest BCUT2D eigenvalue weighted by atomic mass is 10.1. The fourth-order valence-electron chi connectivity index (χ4n) is 3.48. The first-order valence-corrected chi connectivity index (χ1v) is 10.7. The fraction of sp³-hybridized carbons (Fsp3) is 0.286. The van der Waals surface area contributed by atoms with Gasteiger partial charge in [-0.2, -0.15) is 0 Å². The van der Waals surface area contributed by atoms with Crippen molar-refractivity contribution in [3.8, 4) is 11.3 Å². The highest BCUT2D eigenvalue weighted by atomic mass is 35.5. The average Bonchev–Trinajstić information content (AvgIpc) is 3.15. The van der Waals surface area contributed by atoms with E-state index in [0.717, 1.165) is 27.8 Å². The van der Waals surface area contributed by atoms with Gasteiger partial charge in [-0.15, -0.1) is 11.3 Å². The van der Waals surface area contributed by atoms with Crippen molar-refractivity contribution in [2.75, 3.05) is 29.9 Å². The second-order valence-corrected chi connectivity index (χ2v) is 8.53. The van der Waals surface area contributed by atoms with Gasteiger partial charge in [-0.05, 0) is 38.1 Å². The average molecular weight is 428 g/mol. The molecule has 1 unspecified atom stereocenters. The zero-order valence-corrected chi connectivity index (χ0v) is 17.9. The number of aryl methyl sites for hydroxylation is 1. The van der Waals surface area contributed by atoms with Crippen molar-refractivity contribution in [2.24, 2.45) is 0 Å². The molecule has 29 heavy (non-hydrogen) atoms. The van der Waals surface area contributed by atoms with Gasteiger partial charge in [0.25, 0.3) is 0 Å². The van der Waals surface area contributed by atoms with Crippen molar-refractivity contribution in [2.45, 2.75) is 19.9 Å². The molecular formula is C21H22ClN5OS. The van der Waals surface area contributed by atoms with Crippen molar-refractivity contribution in [1.29, 1.82) is 0 Å². The zero-order valence-electron chi connectivity index (χ0n) is 16.3. The molecule has 2 aromatic heterocycles. The van der Waals surface area contributed by atoms with Crippen LogP contribution in [0.25, 0.3) is 11.3 Å². The van der Waals surface area contributed by atoms with Crippen molar-refractivity contribution in [1.82, 2.24) is 14.9 Å². The van der Waals surface area contributed by atoms with Crippen molar-refractivity contribution < 1.29 is 4.79 Å². The van der Waals surface area contributed by atoms with Gasteiger partial charge in [0.2, 0.25) is 0 Å². The number of hydrogen-bond donors (Lipinski definition) is 1. The number of rotatable bonds is 3. The normalized spacial score (nSPS) is 16.7. The molecule has 150 valence electrons. The number of anilines is 2. The number of hydrogen-bond acceptors (Lipinski definition) is 5. The van der Waals surface area contributed by atoms with Crippen LogP contribution in [0, 0.1) is 6.92 Å². The summed E-state index contributed by atoms with van der Waals surface area (Å²) in [6.45, 7) is 6.01. The predicted molar refractivity (Wildman–Crippen MR) is 119 cm³/mol. The van der Waals surface area contributed by atoms with Gasteiger partial charge in [-0.3, -0.25) is 0 Å². The van der Waals surface area contributed by atoms with Gasteiger partial charge >= 0.3 is 6.03 Å². The van der Waals surface area contributed by atoms with E-state index in [-0.39, 0.29) is 12.1 Å². The van der Waals surface area contributed by atoms with Gasteiger partial charge in [0.15, 0.2) is 0 Å². The number of carbonyl (C=O) groups is 1. The minimum Gasteiger partial charge on any atom is -0.352 e. The van der Waals surface area contributed by atoms with Crippen LogP contribution < -0.4 is 10.2 Å². The van der Waals surface area contributed by atoms with Crippen molar-refractivity contribution >= 4 is 40.5 Å². The molecule has 1 aromatic carbocycles. The lowest BCUT2D eigenvalue weighted by molar-refractivity contribution is 0.184. The van der Waals surface area contributed by atoms with Gasteiger partial charge < -0.3 is 15.1 Å². The lowest BCUT2D eigenvalue weighted by Gasteiger charge is -2.40. The molecule has 0 radical (unpaired) electrons. The fourth-order valence-corrected chi connectivity index (χ4v) is 4.34. The van der Waals surface area contributed by atoms with E-state index in [9.17, 15) is 4.79 Å². The predicted octanol–water partition coefficient (Wildman–Crippen LogP) is 4.91. The highest BCUT2D eigenvalue weighted by Crippen LogP contribution is 2.26. The number of nitrogens with one attached hydrogen (secondary N) is 1. The van der Waals surface area contributed by atoms with Crippen LogP contribution in [0.5, 0.6) is 0 Å². The highest BCUT2D eigenvalue weighted by molar-refractivity contribution is 7.09. The zero-order chi connectivity index (χ0) is 20.4. The van der Waals surface area contributed by atoms with E-state index < -0.39 is 0 Å². The highest BCUT2D eigenvalue weighted by Gasteiger charge is 2.28. The summed E-state index contributed by atoms with van der Waals surface area (Å²) in [5, 5.41) is 6.71. The molecule has 2 amide bonds. The third kappa shape index (κ3) is 4.36. The minimum absolute atomic E-state index is 0.0408. The number of amides is 2. The number of halogens is 1. The molecule has 0 aliphatic carbocycles. The number of aromatic nitrogens is 2. The Morgan fingerprint density at radius 1 is 1.24 bits per heavy atom. The van der Waals surface area contributed by atoms with E-state index in [1.165, 1.54) is 0 Å². The van der Waals surface area contributed by atoms with Crippen LogP contribution in [-0.4, -0.2) is 46.6 Å². The standard InChI is InChI=1S/C21H22ClN5OS/c1-14-12-26(20-18(22)4-3-9-23-20)10-11-27(14)21(28)25-17-7-5-16(6-8-17)19-13-29-15(2)24-19/h3-9,13-14H,10-12H2,1-2H3,(H,25,28). The molecular weight excluding hydrogens is 406 g/mol. The molecule has 4 rings (SSSR count). The Morgan fingerprint density at radius 2 is 2.03 bits per heavy atom. The third-order valence-corrected chi connectivity index (χ3v) is 6.05. The van der Waals surface area contributed by atoms with Crippen LogP contribution in [0.3, 0.4) is 0 Å². The summed E-state index contributed by atoms with van der Waals surface area (Å²) < 4.78 is 0. The largest absolute Gasteiger partial charge is 0.352 e. The maximum absolute atomic E-state index is 12.8. The monoisotopic (exact) mass is 427 g/mol. The molecule has 0 bridgehead atoms. The Bertz CT molecular complexity index is 1010. The van der Waals surface area contributed by atoms with E-state index in [4.69, 9.17) is 11.6 Å². The minimum atomic E-state index is -0.0958. The van der Waals surface area contributed by atoms with Gasteiger partial charge in [0.1, 0.15) is 5.82 Å². The first-order chi connectivity index (χ1) is 14.0. The second kappa shape index (κ2) is 8.39. The van der Waals surface area contributed by atoms with E-state index in [1.54, 1.807) is 17.5 Å². The van der Waals surface area contributed by atoms with Gasteiger partial charge in [-0.1, -0.05) is 23.7 Å². The summed E-state index contributed by atoms with van der Waals surface area (Å²) in [7, 11) is 0. The Morgan fingerprint density at radius 3 is 2.69 bits per heavy atom. The van der Waals surface area contributed by atoms with Gasteiger partial charge in [0.05, 0.1) is 15.7 Å². The molecule has 6 nitrogen and oxygen atoms in total. The van der Waals surface area contributed by atoms with E-state index in [1.807, 2.05) is 60.5 Å².